The number of hydrogen-bond acceptors (Lipinski definition) is 5. The Kier molecular flexibility index (Phi) is 9.06. The highest BCUT2D eigenvalue weighted by Gasteiger charge is 2.29. The lowest BCUT2D eigenvalue weighted by molar-refractivity contribution is -0.123. The summed E-state index contributed by atoms with van der Waals surface area (Å²) in [5.41, 5.74) is 8.56. The van der Waals surface area contributed by atoms with E-state index in [4.69, 9.17) is 4.98 Å². The monoisotopic (exact) mass is 613 g/mol. The Morgan fingerprint density at radius 3 is 2.61 bits per heavy atom. The predicted octanol–water partition coefficient (Wildman–Crippen LogP) is 7.59. The van der Waals surface area contributed by atoms with Gasteiger partial charge in [-0.15, -0.1) is 5.92 Å². The number of carbonyl (C=O) groups excluding carboxylic acids is 1. The Morgan fingerprint density at radius 1 is 1.11 bits per heavy atom. The summed E-state index contributed by atoms with van der Waals surface area (Å²) in [6.07, 6.45) is 13.0. The van der Waals surface area contributed by atoms with Crippen molar-refractivity contribution in [3.05, 3.63) is 90.2 Å². The fourth-order valence-electron chi connectivity index (χ4n) is 6.72. The molecule has 1 saturated heterocycles. The van der Waals surface area contributed by atoms with Gasteiger partial charge in [0.25, 0.3) is 0 Å². The second-order valence-corrected chi connectivity index (χ2v) is 13.7. The summed E-state index contributed by atoms with van der Waals surface area (Å²) in [6, 6.07) is 15.6. The number of rotatable bonds is 6. The predicted molar refractivity (Wildman–Crippen MR) is 192 cm³/mol. The summed E-state index contributed by atoms with van der Waals surface area (Å²) in [5.74, 6) is 6.54. The number of fused-ring (bicyclic) bond motifs is 3. The Balaban J connectivity index is 1.27. The van der Waals surface area contributed by atoms with Gasteiger partial charge in [-0.3, -0.25) is 9.78 Å². The number of anilines is 3. The largest absolute Gasteiger partial charge is 0.354 e. The first kappa shape index (κ1) is 31.6. The lowest BCUT2D eigenvalue weighted by Crippen LogP contribution is -2.45. The van der Waals surface area contributed by atoms with Crippen molar-refractivity contribution < 1.29 is 4.79 Å². The van der Waals surface area contributed by atoms with Crippen LogP contribution in [0.4, 0.5) is 17.1 Å². The summed E-state index contributed by atoms with van der Waals surface area (Å²) in [6.45, 7) is 13.6. The molecule has 1 atom stereocenters. The normalized spacial score (nSPS) is 19.0. The summed E-state index contributed by atoms with van der Waals surface area (Å²) < 4.78 is 0. The van der Waals surface area contributed by atoms with E-state index in [9.17, 15) is 4.79 Å². The maximum Gasteiger partial charge on any atom is 0.231 e. The van der Waals surface area contributed by atoms with Gasteiger partial charge in [-0.25, -0.2) is 0 Å². The van der Waals surface area contributed by atoms with Crippen LogP contribution in [0.3, 0.4) is 0 Å². The molecule has 1 unspecified atom stereocenters. The van der Waals surface area contributed by atoms with Crippen LogP contribution in [0.5, 0.6) is 0 Å². The molecule has 3 heterocycles. The first-order valence-corrected chi connectivity index (χ1v) is 16.7. The van der Waals surface area contributed by atoms with Crippen molar-refractivity contribution in [1.29, 1.82) is 0 Å². The molecular weight excluding hydrogens is 566 g/mol. The summed E-state index contributed by atoms with van der Waals surface area (Å²) in [5, 5.41) is 4.41. The van der Waals surface area contributed by atoms with Gasteiger partial charge < -0.3 is 20.0 Å². The Labute approximate surface area is 274 Å². The molecule has 0 bridgehead atoms. The van der Waals surface area contributed by atoms with Crippen LogP contribution in [0.2, 0.25) is 0 Å². The number of amides is 1. The summed E-state index contributed by atoms with van der Waals surface area (Å²) in [4.78, 5) is 25.1. The average molecular weight is 614 g/mol. The van der Waals surface area contributed by atoms with Crippen LogP contribution in [0.15, 0.2) is 79.0 Å². The molecule has 6 nitrogen and oxygen atoms in total. The smallest absolute Gasteiger partial charge is 0.231 e. The molecule has 3 aliphatic rings. The molecule has 1 aromatic heterocycles. The van der Waals surface area contributed by atoms with Crippen LogP contribution in [-0.2, 0) is 10.2 Å². The van der Waals surface area contributed by atoms with Gasteiger partial charge in [-0.2, -0.15) is 0 Å². The van der Waals surface area contributed by atoms with Crippen molar-refractivity contribution in [1.82, 2.24) is 15.2 Å². The minimum Gasteiger partial charge on any atom is -0.354 e. The number of carbonyl (C=O) groups is 1. The number of allylic oxidation sites excluding steroid dienone is 3. The molecule has 46 heavy (non-hydrogen) atoms. The number of hydrogen-bond donors (Lipinski definition) is 1. The van der Waals surface area contributed by atoms with Crippen molar-refractivity contribution >= 4 is 39.4 Å². The van der Waals surface area contributed by atoms with Crippen molar-refractivity contribution in [2.75, 3.05) is 43.7 Å². The van der Waals surface area contributed by atoms with Gasteiger partial charge in [-0.1, -0.05) is 61.4 Å². The summed E-state index contributed by atoms with van der Waals surface area (Å²) in [7, 11) is 4.26. The van der Waals surface area contributed by atoms with Gasteiger partial charge in [0, 0.05) is 30.6 Å². The number of nitrogens with one attached hydrogen (secondary N) is 1. The van der Waals surface area contributed by atoms with E-state index in [2.05, 4.69) is 128 Å². The number of pyridine rings is 1. The number of piperidine rings is 1. The number of nitrogens with zero attached hydrogens (tertiary/aromatic N) is 4. The number of likely N-dealkylation sites (tertiary alicyclic amines) is 1. The second-order valence-electron chi connectivity index (χ2n) is 13.7. The molecule has 1 amide bonds. The van der Waals surface area contributed by atoms with E-state index in [0.717, 1.165) is 84.4 Å². The Bertz CT molecular complexity index is 1750. The molecule has 6 rings (SSSR count). The van der Waals surface area contributed by atoms with E-state index in [1.165, 1.54) is 11.3 Å². The van der Waals surface area contributed by atoms with E-state index in [1.807, 2.05) is 12.3 Å². The van der Waals surface area contributed by atoms with Crippen molar-refractivity contribution in [2.45, 2.75) is 64.3 Å². The highest BCUT2D eigenvalue weighted by atomic mass is 16.1. The number of unbranched alkanes of at least 4 members (excludes halogenated alkanes) is 1. The highest BCUT2D eigenvalue weighted by molar-refractivity contribution is 6.04. The standard InChI is InChI=1S/C40H47N5O/c1-7-8-9-22-40(3,4)31-14-16-33(17-15-31)45-27-44(6)37-26-41-36-19-13-30(25-35(36)38(37)45)29-11-10-28(2)34(18-12-29)39(46)42-32-20-23-43(5)24-21-32/h11-19,25-26,32,34H,2,7-8,10,20-21,23-24,27H2,1,3-6H3,(H,42,46). The topological polar surface area (TPSA) is 51.7 Å². The van der Waals surface area contributed by atoms with E-state index < -0.39 is 0 Å². The molecule has 0 saturated carbocycles. The second kappa shape index (κ2) is 13.2. The van der Waals surface area contributed by atoms with Gasteiger partial charge in [0.1, 0.15) is 0 Å². The van der Waals surface area contributed by atoms with Crippen LogP contribution in [-0.4, -0.2) is 55.7 Å². The minimum absolute atomic E-state index is 0.0621. The van der Waals surface area contributed by atoms with Crippen LogP contribution >= 0.6 is 0 Å². The van der Waals surface area contributed by atoms with Gasteiger partial charge >= 0.3 is 0 Å². The zero-order valence-electron chi connectivity index (χ0n) is 28.1. The quantitative estimate of drug-likeness (QED) is 0.229. The zero-order chi connectivity index (χ0) is 32.4. The van der Waals surface area contributed by atoms with Gasteiger partial charge in [0.05, 0.1) is 41.1 Å². The SMILES string of the molecule is C=C1CC=C(c2ccc3ncc4c(c3c2)N(c2ccc(C(C)(C)C#CCCC)cc2)CN4C)C=CC1C(=O)NC1CCN(C)CC1. The van der Waals surface area contributed by atoms with E-state index >= 15 is 0 Å². The lowest BCUT2D eigenvalue weighted by atomic mass is 9.85. The van der Waals surface area contributed by atoms with Crippen LogP contribution < -0.4 is 15.1 Å². The molecule has 2 aromatic carbocycles. The van der Waals surface area contributed by atoms with Crippen molar-refractivity contribution in [2.24, 2.45) is 5.92 Å². The van der Waals surface area contributed by atoms with E-state index in [-0.39, 0.29) is 23.3 Å². The summed E-state index contributed by atoms with van der Waals surface area (Å²) >= 11 is 0. The van der Waals surface area contributed by atoms with Crippen molar-refractivity contribution in [3.8, 4) is 11.8 Å². The van der Waals surface area contributed by atoms with Gasteiger partial charge in [-0.05, 0) is 101 Å². The van der Waals surface area contributed by atoms with Crippen LogP contribution in [0, 0.1) is 17.8 Å². The first-order chi connectivity index (χ1) is 22.1. The molecule has 238 valence electrons. The molecular formula is C40H47N5O. The fourth-order valence-corrected chi connectivity index (χ4v) is 6.72. The molecule has 2 aliphatic heterocycles. The van der Waals surface area contributed by atoms with Crippen molar-refractivity contribution in [3.63, 3.8) is 0 Å². The van der Waals surface area contributed by atoms with Crippen LogP contribution in [0.25, 0.3) is 16.5 Å². The van der Waals surface area contributed by atoms with E-state index in [0.29, 0.717) is 6.42 Å². The Morgan fingerprint density at radius 2 is 1.87 bits per heavy atom. The zero-order valence-corrected chi connectivity index (χ0v) is 28.1. The first-order valence-electron chi connectivity index (χ1n) is 16.7. The Hall–Kier alpha value is -4.34. The molecule has 0 spiro atoms. The molecule has 1 aliphatic carbocycles. The molecule has 1 N–H and O–H groups in total. The number of benzene rings is 2. The van der Waals surface area contributed by atoms with E-state index in [1.54, 1.807) is 0 Å². The third-order valence-electron chi connectivity index (χ3n) is 9.70. The lowest BCUT2D eigenvalue weighted by Gasteiger charge is -2.30. The van der Waals surface area contributed by atoms with Gasteiger partial charge in [0.15, 0.2) is 0 Å². The average Bonchev–Trinajstić information content (AvgIpc) is 3.27. The molecule has 0 radical (unpaired) electrons. The maximum atomic E-state index is 13.3. The maximum absolute atomic E-state index is 13.3. The third-order valence-corrected chi connectivity index (χ3v) is 9.70. The third kappa shape index (κ3) is 6.48. The van der Waals surface area contributed by atoms with Crippen LogP contribution in [0.1, 0.15) is 64.0 Å². The van der Waals surface area contributed by atoms with Gasteiger partial charge in [0.2, 0.25) is 5.91 Å². The highest BCUT2D eigenvalue weighted by Crippen LogP contribution is 2.45. The number of aromatic nitrogens is 1. The fraction of sp³-hybridized carbons (Fsp3) is 0.400. The molecule has 6 heteroatoms. The molecule has 3 aromatic rings. The molecule has 1 fully saturated rings. The minimum atomic E-state index is -0.325.